The van der Waals surface area contributed by atoms with Gasteiger partial charge >= 0.3 is 4.87 Å². The van der Waals surface area contributed by atoms with E-state index in [-0.39, 0.29) is 23.2 Å². The van der Waals surface area contributed by atoms with Gasteiger partial charge in [0.25, 0.3) is 0 Å². The van der Waals surface area contributed by atoms with Crippen LogP contribution in [-0.4, -0.2) is 33.3 Å². The van der Waals surface area contributed by atoms with Gasteiger partial charge < -0.3 is 15.2 Å². The van der Waals surface area contributed by atoms with Crippen molar-refractivity contribution in [2.45, 2.75) is 45.3 Å². The summed E-state index contributed by atoms with van der Waals surface area (Å²) in [6.07, 6.45) is 0.529. The fourth-order valence-electron chi connectivity index (χ4n) is 2.09. The molecule has 2 amide bonds. The van der Waals surface area contributed by atoms with Crippen LogP contribution in [-0.2, 0) is 16.1 Å². The molecule has 1 fully saturated rings. The van der Waals surface area contributed by atoms with Gasteiger partial charge in [0.15, 0.2) is 0 Å². The highest BCUT2D eigenvalue weighted by atomic mass is 32.1. The molecule has 1 aliphatic rings. The summed E-state index contributed by atoms with van der Waals surface area (Å²) in [5.74, 6) is -0.282. The number of thiazole rings is 1. The molecule has 2 rings (SSSR count). The minimum atomic E-state index is -0.861. The minimum Gasteiger partial charge on any atom is -0.340 e. The van der Waals surface area contributed by atoms with Gasteiger partial charge in [0.05, 0.1) is 6.54 Å². The Balaban J connectivity index is 2.28. The molecule has 0 aliphatic carbocycles. The second kappa shape index (κ2) is 4.80. The average Bonchev–Trinajstić information content (AvgIpc) is 2.78. The largest absolute Gasteiger partial charge is 0.340 e. The third-order valence-corrected chi connectivity index (χ3v) is 4.32. The Labute approximate surface area is 114 Å². The number of hydrogen-bond donors (Lipinski definition) is 2. The molecule has 6 nitrogen and oxygen atoms in total. The third-order valence-electron chi connectivity index (χ3n) is 3.60. The van der Waals surface area contributed by atoms with Gasteiger partial charge in [-0.15, -0.1) is 0 Å². The summed E-state index contributed by atoms with van der Waals surface area (Å²) in [5.41, 5.74) is -0.205. The van der Waals surface area contributed by atoms with Gasteiger partial charge in [0.1, 0.15) is 11.6 Å². The number of aromatic amines is 1. The summed E-state index contributed by atoms with van der Waals surface area (Å²) in [6.45, 7) is 5.52. The fourth-order valence-corrected chi connectivity index (χ4v) is 2.66. The standard InChI is InChI=1S/C12H17N3O3S/c1-4-12(3)10(17)15(7(2)9(16)14-12)5-8-6-19-11(18)13-8/h6-7H,4-5H2,1-3H3,(H,13,18)(H,14,16). The highest BCUT2D eigenvalue weighted by molar-refractivity contribution is 7.07. The molecule has 2 N–H and O–H groups in total. The second-order valence-corrected chi connectivity index (χ2v) is 5.80. The SMILES string of the molecule is CCC1(C)NC(=O)C(C)N(Cc2csc(=O)[nH]2)C1=O. The quantitative estimate of drug-likeness (QED) is 0.845. The highest BCUT2D eigenvalue weighted by Gasteiger charge is 2.45. The van der Waals surface area contributed by atoms with Crippen LogP contribution in [0.1, 0.15) is 32.9 Å². The van der Waals surface area contributed by atoms with E-state index in [1.807, 2.05) is 6.92 Å². The van der Waals surface area contributed by atoms with Crippen molar-refractivity contribution < 1.29 is 9.59 Å². The summed E-state index contributed by atoms with van der Waals surface area (Å²) in [6, 6.07) is -0.532. The topological polar surface area (TPSA) is 82.3 Å². The number of carbonyl (C=O) groups is 2. The second-order valence-electron chi connectivity index (χ2n) is 4.96. The van der Waals surface area contributed by atoms with Crippen molar-refractivity contribution in [1.82, 2.24) is 15.2 Å². The summed E-state index contributed by atoms with van der Waals surface area (Å²) in [5, 5.41) is 4.44. The van der Waals surface area contributed by atoms with Crippen molar-refractivity contribution in [2.24, 2.45) is 0 Å². The van der Waals surface area contributed by atoms with Gasteiger partial charge in [0.2, 0.25) is 11.8 Å². The lowest BCUT2D eigenvalue weighted by Crippen LogP contribution is -2.68. The molecule has 0 saturated carbocycles. The van der Waals surface area contributed by atoms with Crippen LogP contribution in [0.4, 0.5) is 0 Å². The van der Waals surface area contributed by atoms with Crippen molar-refractivity contribution in [1.29, 1.82) is 0 Å². The first-order valence-corrected chi connectivity index (χ1v) is 7.05. The van der Waals surface area contributed by atoms with Crippen molar-refractivity contribution in [3.8, 4) is 0 Å². The molecule has 2 heterocycles. The number of rotatable bonds is 3. The Morgan fingerprint density at radius 3 is 2.63 bits per heavy atom. The number of H-pyrrole nitrogens is 1. The lowest BCUT2D eigenvalue weighted by molar-refractivity contribution is -0.154. The number of amides is 2. The van der Waals surface area contributed by atoms with Gasteiger partial charge in [-0.25, -0.2) is 0 Å². The van der Waals surface area contributed by atoms with Crippen LogP contribution in [0.25, 0.3) is 0 Å². The zero-order valence-corrected chi connectivity index (χ0v) is 12.0. The van der Waals surface area contributed by atoms with E-state index >= 15 is 0 Å². The molecular formula is C12H17N3O3S. The zero-order valence-electron chi connectivity index (χ0n) is 11.1. The smallest absolute Gasteiger partial charge is 0.304 e. The van der Waals surface area contributed by atoms with E-state index in [9.17, 15) is 14.4 Å². The molecule has 1 aromatic rings. The molecular weight excluding hydrogens is 266 g/mol. The molecule has 19 heavy (non-hydrogen) atoms. The van der Waals surface area contributed by atoms with Crippen LogP contribution in [0.2, 0.25) is 0 Å². The Morgan fingerprint density at radius 1 is 1.42 bits per heavy atom. The first-order valence-electron chi connectivity index (χ1n) is 6.17. The predicted molar refractivity (Wildman–Crippen MR) is 71.8 cm³/mol. The number of hydrogen-bond acceptors (Lipinski definition) is 4. The van der Waals surface area contributed by atoms with Crippen molar-refractivity contribution >= 4 is 23.2 Å². The molecule has 0 bridgehead atoms. The summed E-state index contributed by atoms with van der Waals surface area (Å²) < 4.78 is 0. The molecule has 0 radical (unpaired) electrons. The van der Waals surface area contributed by atoms with E-state index in [1.165, 1.54) is 4.90 Å². The van der Waals surface area contributed by atoms with E-state index in [4.69, 9.17) is 0 Å². The predicted octanol–water partition coefficient (Wildman–Crippen LogP) is 0.452. The van der Waals surface area contributed by atoms with E-state index in [1.54, 1.807) is 19.2 Å². The number of nitrogens with zero attached hydrogens (tertiary/aromatic N) is 1. The van der Waals surface area contributed by atoms with Crippen LogP contribution in [0, 0.1) is 0 Å². The first kappa shape index (κ1) is 13.8. The normalized spacial score (nSPS) is 27.5. The highest BCUT2D eigenvalue weighted by Crippen LogP contribution is 2.22. The van der Waals surface area contributed by atoms with Crippen LogP contribution in [0.15, 0.2) is 10.2 Å². The molecule has 7 heteroatoms. The number of aromatic nitrogens is 1. The number of piperazine rings is 1. The van der Waals surface area contributed by atoms with Gasteiger partial charge in [0, 0.05) is 11.1 Å². The Morgan fingerprint density at radius 2 is 2.11 bits per heavy atom. The molecule has 2 atom stereocenters. The van der Waals surface area contributed by atoms with Crippen LogP contribution in [0.3, 0.4) is 0 Å². The maximum Gasteiger partial charge on any atom is 0.304 e. The van der Waals surface area contributed by atoms with Crippen molar-refractivity contribution in [3.05, 3.63) is 20.7 Å². The zero-order chi connectivity index (χ0) is 14.2. The minimum absolute atomic E-state index is 0.117. The molecule has 2 unspecified atom stereocenters. The van der Waals surface area contributed by atoms with Crippen LogP contribution in [0.5, 0.6) is 0 Å². The van der Waals surface area contributed by atoms with E-state index < -0.39 is 11.6 Å². The van der Waals surface area contributed by atoms with Gasteiger partial charge in [-0.2, -0.15) is 0 Å². The molecule has 1 saturated heterocycles. The summed E-state index contributed by atoms with van der Waals surface area (Å²) in [7, 11) is 0. The van der Waals surface area contributed by atoms with Crippen LogP contribution < -0.4 is 10.2 Å². The number of carbonyl (C=O) groups excluding carboxylic acids is 2. The molecule has 1 aliphatic heterocycles. The third kappa shape index (κ3) is 2.42. The van der Waals surface area contributed by atoms with Gasteiger partial charge in [-0.05, 0) is 20.3 Å². The van der Waals surface area contributed by atoms with E-state index in [0.29, 0.717) is 12.1 Å². The average molecular weight is 283 g/mol. The van der Waals surface area contributed by atoms with E-state index in [0.717, 1.165) is 11.3 Å². The lowest BCUT2D eigenvalue weighted by Gasteiger charge is -2.42. The van der Waals surface area contributed by atoms with Gasteiger partial charge in [-0.1, -0.05) is 18.3 Å². The van der Waals surface area contributed by atoms with E-state index in [2.05, 4.69) is 10.3 Å². The van der Waals surface area contributed by atoms with Crippen molar-refractivity contribution in [3.63, 3.8) is 0 Å². The van der Waals surface area contributed by atoms with Gasteiger partial charge in [-0.3, -0.25) is 14.4 Å². The molecule has 104 valence electrons. The first-order chi connectivity index (χ1) is 8.87. The summed E-state index contributed by atoms with van der Waals surface area (Å²) >= 11 is 1.05. The maximum atomic E-state index is 12.5. The Kier molecular flexibility index (Phi) is 3.49. The van der Waals surface area contributed by atoms with Crippen molar-refractivity contribution in [2.75, 3.05) is 0 Å². The molecule has 0 spiro atoms. The van der Waals surface area contributed by atoms with Crippen LogP contribution >= 0.6 is 11.3 Å². The molecule has 1 aromatic heterocycles. The Hall–Kier alpha value is -1.63. The Bertz CT molecular complexity index is 565. The fraction of sp³-hybridized carbons (Fsp3) is 0.583. The number of nitrogens with one attached hydrogen (secondary N) is 2. The lowest BCUT2D eigenvalue weighted by atomic mass is 9.92. The molecule has 0 aromatic carbocycles. The summed E-state index contributed by atoms with van der Waals surface area (Å²) in [4.78, 5) is 39.6. The maximum absolute atomic E-state index is 12.5. The monoisotopic (exact) mass is 283 g/mol.